The number of hydrogen-bond donors (Lipinski definition) is 0. The molecule has 78 valence electrons. The predicted octanol–water partition coefficient (Wildman–Crippen LogP) is 1.90. The monoisotopic (exact) mass is 219 g/mol. The number of thioether (sulfide) groups is 1. The number of nitrogens with zero attached hydrogens (tertiary/aromatic N) is 3. The van der Waals surface area contributed by atoms with Gasteiger partial charge in [0.2, 0.25) is 0 Å². The molecule has 1 aromatic heterocycles. The molecule has 0 atom stereocenters. The van der Waals surface area contributed by atoms with Gasteiger partial charge in [-0.05, 0) is 24.3 Å². The maximum atomic E-state index is 8.78. The van der Waals surface area contributed by atoms with Crippen LogP contribution in [-0.2, 0) is 0 Å². The van der Waals surface area contributed by atoms with E-state index in [1.54, 1.807) is 6.20 Å². The van der Waals surface area contributed by atoms with Gasteiger partial charge < -0.3 is 4.90 Å². The molecular weight excluding hydrogens is 206 g/mol. The van der Waals surface area contributed by atoms with Crippen molar-refractivity contribution in [3.05, 3.63) is 24.0 Å². The van der Waals surface area contributed by atoms with Crippen LogP contribution < -0.4 is 4.90 Å². The van der Waals surface area contributed by atoms with Crippen LogP contribution in [0.25, 0.3) is 0 Å². The number of pyridine rings is 1. The van der Waals surface area contributed by atoms with E-state index in [4.69, 9.17) is 5.26 Å². The minimum atomic E-state index is 0.504. The molecule has 2 heterocycles. The van der Waals surface area contributed by atoms with Crippen molar-refractivity contribution < 1.29 is 0 Å². The van der Waals surface area contributed by atoms with E-state index < -0.39 is 0 Å². The second kappa shape index (κ2) is 5.04. The van der Waals surface area contributed by atoms with Crippen molar-refractivity contribution in [3.8, 4) is 6.07 Å². The Labute approximate surface area is 94.1 Å². The zero-order chi connectivity index (χ0) is 10.5. The maximum absolute atomic E-state index is 8.78. The van der Waals surface area contributed by atoms with Gasteiger partial charge in [-0.2, -0.15) is 17.0 Å². The standard InChI is InChI=1S/C11H13N3S/c12-9-10-8-11(2-3-13-10)14-4-1-6-15-7-5-14/h2-3,8H,1,4-7H2. The lowest BCUT2D eigenvalue weighted by molar-refractivity contribution is 0.815. The summed E-state index contributed by atoms with van der Waals surface area (Å²) in [4.78, 5) is 6.32. The van der Waals surface area contributed by atoms with E-state index in [1.807, 2.05) is 23.9 Å². The first-order chi connectivity index (χ1) is 7.40. The van der Waals surface area contributed by atoms with Crippen molar-refractivity contribution in [1.29, 1.82) is 5.26 Å². The highest BCUT2D eigenvalue weighted by Crippen LogP contribution is 2.18. The number of rotatable bonds is 1. The highest BCUT2D eigenvalue weighted by atomic mass is 32.2. The second-order valence-corrected chi connectivity index (χ2v) is 4.69. The summed E-state index contributed by atoms with van der Waals surface area (Å²) in [5.74, 6) is 2.41. The third-order valence-electron chi connectivity index (χ3n) is 2.45. The zero-order valence-electron chi connectivity index (χ0n) is 8.52. The van der Waals surface area contributed by atoms with Crippen LogP contribution in [0, 0.1) is 11.3 Å². The van der Waals surface area contributed by atoms with Crippen LogP contribution in [0.2, 0.25) is 0 Å². The van der Waals surface area contributed by atoms with Crippen LogP contribution in [0.1, 0.15) is 12.1 Å². The molecule has 0 radical (unpaired) electrons. The summed E-state index contributed by atoms with van der Waals surface area (Å²) in [6, 6.07) is 5.93. The average molecular weight is 219 g/mol. The summed E-state index contributed by atoms with van der Waals surface area (Å²) in [5.41, 5.74) is 1.63. The Morgan fingerprint density at radius 2 is 2.33 bits per heavy atom. The van der Waals surface area contributed by atoms with Crippen LogP contribution >= 0.6 is 11.8 Å². The van der Waals surface area contributed by atoms with E-state index in [0.717, 1.165) is 18.8 Å². The highest BCUT2D eigenvalue weighted by molar-refractivity contribution is 7.99. The Bertz CT molecular complexity index is 364. The summed E-state index contributed by atoms with van der Waals surface area (Å²) < 4.78 is 0. The molecule has 15 heavy (non-hydrogen) atoms. The van der Waals surface area contributed by atoms with Crippen LogP contribution in [-0.4, -0.2) is 29.6 Å². The first-order valence-electron chi connectivity index (χ1n) is 5.09. The lowest BCUT2D eigenvalue weighted by Crippen LogP contribution is -2.25. The Morgan fingerprint density at radius 1 is 1.40 bits per heavy atom. The zero-order valence-corrected chi connectivity index (χ0v) is 9.33. The molecule has 3 nitrogen and oxygen atoms in total. The van der Waals surface area contributed by atoms with Crippen molar-refractivity contribution in [2.75, 3.05) is 29.5 Å². The number of nitriles is 1. The number of hydrogen-bond acceptors (Lipinski definition) is 4. The molecule has 0 unspecified atom stereocenters. The lowest BCUT2D eigenvalue weighted by Gasteiger charge is -2.21. The lowest BCUT2D eigenvalue weighted by atomic mass is 10.3. The minimum absolute atomic E-state index is 0.504. The molecular formula is C11H13N3S. The first kappa shape index (κ1) is 10.3. The molecule has 0 saturated carbocycles. The van der Waals surface area contributed by atoms with Crippen molar-refractivity contribution in [2.24, 2.45) is 0 Å². The van der Waals surface area contributed by atoms with Crippen LogP contribution in [0.3, 0.4) is 0 Å². The molecule has 0 aliphatic carbocycles. The van der Waals surface area contributed by atoms with E-state index in [2.05, 4.69) is 16.0 Å². The molecule has 0 N–H and O–H groups in total. The Balaban J connectivity index is 2.16. The van der Waals surface area contributed by atoms with Gasteiger partial charge in [-0.15, -0.1) is 0 Å². The molecule has 1 aliphatic heterocycles. The van der Waals surface area contributed by atoms with E-state index in [0.29, 0.717) is 5.69 Å². The van der Waals surface area contributed by atoms with Gasteiger partial charge in [0, 0.05) is 30.7 Å². The molecule has 1 aliphatic rings. The summed E-state index contributed by atoms with van der Waals surface area (Å²) in [6.45, 7) is 2.15. The van der Waals surface area contributed by atoms with Crippen molar-refractivity contribution in [3.63, 3.8) is 0 Å². The molecule has 1 fully saturated rings. The van der Waals surface area contributed by atoms with Gasteiger partial charge >= 0.3 is 0 Å². The summed E-state index contributed by atoms with van der Waals surface area (Å²) >= 11 is 2.00. The Hall–Kier alpha value is -1.21. The Morgan fingerprint density at radius 3 is 3.20 bits per heavy atom. The van der Waals surface area contributed by atoms with Gasteiger partial charge in [-0.25, -0.2) is 4.98 Å². The van der Waals surface area contributed by atoms with E-state index in [-0.39, 0.29) is 0 Å². The van der Waals surface area contributed by atoms with E-state index in [9.17, 15) is 0 Å². The molecule has 1 aromatic rings. The fourth-order valence-corrected chi connectivity index (χ4v) is 2.57. The highest BCUT2D eigenvalue weighted by Gasteiger charge is 2.10. The smallest absolute Gasteiger partial charge is 0.142 e. The van der Waals surface area contributed by atoms with Crippen LogP contribution in [0.5, 0.6) is 0 Å². The maximum Gasteiger partial charge on any atom is 0.142 e. The number of anilines is 1. The predicted molar refractivity (Wildman–Crippen MR) is 63.1 cm³/mol. The summed E-state index contributed by atoms with van der Waals surface area (Å²) in [7, 11) is 0. The molecule has 4 heteroatoms. The van der Waals surface area contributed by atoms with Gasteiger partial charge in [0.15, 0.2) is 0 Å². The van der Waals surface area contributed by atoms with Crippen molar-refractivity contribution in [2.45, 2.75) is 6.42 Å². The Kier molecular flexibility index (Phi) is 3.46. The van der Waals surface area contributed by atoms with E-state index >= 15 is 0 Å². The van der Waals surface area contributed by atoms with Gasteiger partial charge in [-0.1, -0.05) is 0 Å². The van der Waals surface area contributed by atoms with Crippen molar-refractivity contribution in [1.82, 2.24) is 4.98 Å². The SMILES string of the molecule is N#Cc1cc(N2CCCSCC2)ccn1. The average Bonchev–Trinajstić information content (AvgIpc) is 2.58. The second-order valence-electron chi connectivity index (χ2n) is 3.46. The molecule has 0 amide bonds. The largest absolute Gasteiger partial charge is 0.371 e. The molecule has 1 saturated heterocycles. The molecule has 0 spiro atoms. The van der Waals surface area contributed by atoms with E-state index in [1.165, 1.54) is 17.9 Å². The molecule has 0 aromatic carbocycles. The molecule has 2 rings (SSSR count). The van der Waals surface area contributed by atoms with Crippen LogP contribution in [0.4, 0.5) is 5.69 Å². The fraction of sp³-hybridized carbons (Fsp3) is 0.455. The fourth-order valence-electron chi connectivity index (χ4n) is 1.68. The third kappa shape index (κ3) is 2.63. The summed E-state index contributed by atoms with van der Waals surface area (Å²) in [5, 5.41) is 8.78. The van der Waals surface area contributed by atoms with Crippen molar-refractivity contribution >= 4 is 17.4 Å². The van der Waals surface area contributed by atoms with Gasteiger partial charge in [0.1, 0.15) is 11.8 Å². The summed E-state index contributed by atoms with van der Waals surface area (Å²) in [6.07, 6.45) is 2.93. The first-order valence-corrected chi connectivity index (χ1v) is 6.24. The normalized spacial score (nSPS) is 16.9. The van der Waals surface area contributed by atoms with Gasteiger partial charge in [0.25, 0.3) is 0 Å². The molecule has 0 bridgehead atoms. The van der Waals surface area contributed by atoms with Crippen LogP contribution in [0.15, 0.2) is 18.3 Å². The minimum Gasteiger partial charge on any atom is -0.371 e. The van der Waals surface area contributed by atoms with Gasteiger partial charge in [0.05, 0.1) is 0 Å². The third-order valence-corrected chi connectivity index (χ3v) is 3.49. The quantitative estimate of drug-likeness (QED) is 0.723. The number of aromatic nitrogens is 1. The topological polar surface area (TPSA) is 39.9 Å². The van der Waals surface area contributed by atoms with Gasteiger partial charge in [-0.3, -0.25) is 0 Å².